The Kier molecular flexibility index (Phi) is 4.81. The van der Waals surface area contributed by atoms with Crippen LogP contribution >= 0.6 is 12.2 Å². The molecule has 0 bridgehead atoms. The zero-order chi connectivity index (χ0) is 13.7. The van der Waals surface area contributed by atoms with E-state index in [0.29, 0.717) is 6.54 Å². The molecule has 0 spiro atoms. The molecule has 0 radical (unpaired) electrons. The van der Waals surface area contributed by atoms with Gasteiger partial charge in [-0.2, -0.15) is 0 Å². The zero-order valence-electron chi connectivity index (χ0n) is 10.3. The third-order valence-corrected chi connectivity index (χ3v) is 3.11. The van der Waals surface area contributed by atoms with E-state index < -0.39 is 11.7 Å². The summed E-state index contributed by atoms with van der Waals surface area (Å²) < 4.78 is 18.8. The summed E-state index contributed by atoms with van der Waals surface area (Å²) in [6, 6.07) is 5.77. The van der Waals surface area contributed by atoms with E-state index in [-0.39, 0.29) is 16.8 Å². The van der Waals surface area contributed by atoms with Crippen LogP contribution in [0.1, 0.15) is 23.2 Å². The second-order valence-electron chi connectivity index (χ2n) is 4.28. The van der Waals surface area contributed by atoms with Crippen molar-refractivity contribution in [1.82, 2.24) is 10.6 Å². The molecule has 0 saturated carbocycles. The molecule has 1 heterocycles. The van der Waals surface area contributed by atoms with Gasteiger partial charge in [-0.3, -0.25) is 10.1 Å². The van der Waals surface area contributed by atoms with Crippen molar-refractivity contribution in [1.29, 1.82) is 0 Å². The maximum absolute atomic E-state index is 13.4. The predicted octanol–water partition coefficient (Wildman–Crippen LogP) is 1.61. The van der Waals surface area contributed by atoms with Crippen molar-refractivity contribution in [2.75, 3.05) is 13.2 Å². The number of ether oxygens (including phenoxy) is 1. The van der Waals surface area contributed by atoms with Gasteiger partial charge >= 0.3 is 0 Å². The molecule has 1 amide bonds. The Hall–Kier alpha value is -1.53. The molecule has 1 fully saturated rings. The summed E-state index contributed by atoms with van der Waals surface area (Å²) in [7, 11) is 0. The van der Waals surface area contributed by atoms with Crippen LogP contribution in [0, 0.1) is 5.82 Å². The Morgan fingerprint density at radius 3 is 2.95 bits per heavy atom. The van der Waals surface area contributed by atoms with Crippen LogP contribution in [0.5, 0.6) is 0 Å². The van der Waals surface area contributed by atoms with Gasteiger partial charge in [-0.25, -0.2) is 4.39 Å². The molecule has 4 nitrogen and oxygen atoms in total. The van der Waals surface area contributed by atoms with Gasteiger partial charge in [0.2, 0.25) is 0 Å². The highest BCUT2D eigenvalue weighted by Gasteiger charge is 2.16. The van der Waals surface area contributed by atoms with Gasteiger partial charge in [0.05, 0.1) is 11.7 Å². The lowest BCUT2D eigenvalue weighted by Crippen LogP contribution is -2.42. The van der Waals surface area contributed by atoms with Crippen molar-refractivity contribution in [3.63, 3.8) is 0 Å². The molecule has 0 unspecified atom stereocenters. The minimum Gasteiger partial charge on any atom is -0.376 e. The summed E-state index contributed by atoms with van der Waals surface area (Å²) >= 11 is 4.99. The second-order valence-corrected chi connectivity index (χ2v) is 4.69. The van der Waals surface area contributed by atoms with E-state index in [4.69, 9.17) is 17.0 Å². The first-order valence-electron chi connectivity index (χ1n) is 6.12. The molecule has 0 aliphatic carbocycles. The number of carbonyl (C=O) groups excluding carboxylic acids is 1. The number of hydrogen-bond donors (Lipinski definition) is 2. The molecule has 102 valence electrons. The fraction of sp³-hybridized carbons (Fsp3) is 0.385. The van der Waals surface area contributed by atoms with Gasteiger partial charge in [-0.1, -0.05) is 12.1 Å². The number of halogens is 1. The summed E-state index contributed by atoms with van der Waals surface area (Å²) in [5, 5.41) is 5.53. The smallest absolute Gasteiger partial charge is 0.260 e. The van der Waals surface area contributed by atoms with Gasteiger partial charge in [0.15, 0.2) is 5.11 Å². The van der Waals surface area contributed by atoms with Crippen molar-refractivity contribution in [3.8, 4) is 0 Å². The number of rotatable bonds is 3. The number of thiocarbonyl (C=S) groups is 1. The van der Waals surface area contributed by atoms with Crippen molar-refractivity contribution < 1.29 is 13.9 Å². The number of amides is 1. The normalized spacial score (nSPS) is 18.1. The molecule has 19 heavy (non-hydrogen) atoms. The molecule has 2 rings (SSSR count). The highest BCUT2D eigenvalue weighted by atomic mass is 32.1. The molecule has 2 N–H and O–H groups in total. The van der Waals surface area contributed by atoms with Gasteiger partial charge in [0.1, 0.15) is 5.82 Å². The van der Waals surface area contributed by atoms with Crippen molar-refractivity contribution in [3.05, 3.63) is 35.6 Å². The van der Waals surface area contributed by atoms with E-state index in [9.17, 15) is 9.18 Å². The first-order valence-corrected chi connectivity index (χ1v) is 6.53. The van der Waals surface area contributed by atoms with E-state index in [0.717, 1.165) is 19.4 Å². The molecular formula is C13H15FN2O2S. The third kappa shape index (κ3) is 3.97. The largest absolute Gasteiger partial charge is 0.376 e. The molecule has 1 aromatic rings. The second kappa shape index (κ2) is 6.58. The number of hydrogen-bond acceptors (Lipinski definition) is 3. The van der Waals surface area contributed by atoms with Crippen molar-refractivity contribution in [2.24, 2.45) is 0 Å². The Morgan fingerprint density at radius 2 is 2.26 bits per heavy atom. The monoisotopic (exact) mass is 282 g/mol. The first kappa shape index (κ1) is 13.9. The van der Waals surface area contributed by atoms with Crippen molar-refractivity contribution >= 4 is 23.2 Å². The molecule has 6 heteroatoms. The Bertz CT molecular complexity index is 475. The molecule has 1 aromatic carbocycles. The summed E-state index contributed by atoms with van der Waals surface area (Å²) in [6.07, 6.45) is 2.15. The SMILES string of the molecule is O=C(NC(=S)NC[C@@H]1CCCO1)c1ccccc1F. The van der Waals surface area contributed by atoms with Crippen LogP contribution < -0.4 is 10.6 Å². The van der Waals surface area contributed by atoms with E-state index in [1.54, 1.807) is 6.07 Å². The van der Waals surface area contributed by atoms with E-state index in [2.05, 4.69) is 10.6 Å². The maximum atomic E-state index is 13.4. The zero-order valence-corrected chi connectivity index (χ0v) is 11.1. The summed E-state index contributed by atoms with van der Waals surface area (Å²) in [5.41, 5.74) is -0.0243. The van der Waals surface area contributed by atoms with Gasteiger partial charge in [-0.15, -0.1) is 0 Å². The molecule has 1 atom stereocenters. The van der Waals surface area contributed by atoms with Crippen molar-refractivity contribution in [2.45, 2.75) is 18.9 Å². The van der Waals surface area contributed by atoms with Gasteiger partial charge in [0.25, 0.3) is 5.91 Å². The van der Waals surface area contributed by atoms with Crippen LogP contribution in [-0.4, -0.2) is 30.3 Å². The molecular weight excluding hydrogens is 267 g/mol. The molecule has 0 aromatic heterocycles. The van der Waals surface area contributed by atoms with Gasteiger partial charge < -0.3 is 10.1 Å². The summed E-state index contributed by atoms with van der Waals surface area (Å²) in [5.74, 6) is -1.12. The third-order valence-electron chi connectivity index (χ3n) is 2.86. The van der Waals surface area contributed by atoms with Crippen LogP contribution in [0.4, 0.5) is 4.39 Å². The van der Waals surface area contributed by atoms with Crippen LogP contribution in [0.3, 0.4) is 0 Å². The lowest BCUT2D eigenvalue weighted by atomic mass is 10.2. The standard InChI is InChI=1S/C13H15FN2O2S/c14-11-6-2-1-5-10(11)12(17)16-13(19)15-8-9-4-3-7-18-9/h1-2,5-6,9H,3-4,7-8H2,(H2,15,16,17,19)/t9-/m0/s1. The van der Waals surface area contributed by atoms with Crippen LogP contribution in [0.25, 0.3) is 0 Å². The number of carbonyl (C=O) groups is 1. The predicted molar refractivity (Wildman–Crippen MR) is 73.4 cm³/mol. The fourth-order valence-corrected chi connectivity index (χ4v) is 2.05. The van der Waals surface area contributed by atoms with Gasteiger partial charge in [-0.05, 0) is 37.2 Å². The maximum Gasteiger partial charge on any atom is 0.260 e. The Balaban J connectivity index is 1.81. The van der Waals surface area contributed by atoms with Crippen LogP contribution in [0.15, 0.2) is 24.3 Å². The van der Waals surface area contributed by atoms with E-state index in [1.165, 1.54) is 18.2 Å². The van der Waals surface area contributed by atoms with E-state index >= 15 is 0 Å². The van der Waals surface area contributed by atoms with Crippen LogP contribution in [-0.2, 0) is 4.74 Å². The highest BCUT2D eigenvalue weighted by Crippen LogP contribution is 2.10. The minimum absolute atomic E-state index is 0.0243. The number of nitrogens with one attached hydrogen (secondary N) is 2. The lowest BCUT2D eigenvalue weighted by molar-refractivity contribution is 0.0969. The Labute approximate surface area is 116 Å². The van der Waals surface area contributed by atoms with E-state index in [1.807, 2.05) is 0 Å². The summed E-state index contributed by atoms with van der Waals surface area (Å²) in [4.78, 5) is 11.8. The lowest BCUT2D eigenvalue weighted by Gasteiger charge is -2.13. The minimum atomic E-state index is -0.568. The highest BCUT2D eigenvalue weighted by molar-refractivity contribution is 7.80. The average molecular weight is 282 g/mol. The molecule has 1 aliphatic rings. The van der Waals surface area contributed by atoms with Gasteiger partial charge in [0, 0.05) is 13.2 Å². The fourth-order valence-electron chi connectivity index (χ4n) is 1.87. The van der Waals surface area contributed by atoms with Crippen LogP contribution in [0.2, 0.25) is 0 Å². The quantitative estimate of drug-likeness (QED) is 0.827. The first-order chi connectivity index (χ1) is 9.16. The average Bonchev–Trinajstić information content (AvgIpc) is 2.90. The topological polar surface area (TPSA) is 50.4 Å². The Morgan fingerprint density at radius 1 is 1.47 bits per heavy atom. The number of benzene rings is 1. The molecule has 1 saturated heterocycles. The summed E-state index contributed by atoms with van der Waals surface area (Å²) in [6.45, 7) is 1.32. The molecule has 1 aliphatic heterocycles.